The van der Waals surface area contributed by atoms with E-state index in [4.69, 9.17) is 0 Å². The smallest absolute Gasteiger partial charge is 0.0136 e. The molecule has 3 unspecified atom stereocenters. The molecule has 2 bridgehead atoms. The average Bonchev–Trinajstić information content (AvgIpc) is 2.95. The van der Waals surface area contributed by atoms with Crippen LogP contribution in [0.2, 0.25) is 0 Å². The molecular weight excluding hydrogens is 204 g/mol. The lowest BCUT2D eigenvalue weighted by atomic mass is 9.86. The maximum absolute atomic E-state index is 2.47. The van der Waals surface area contributed by atoms with Crippen molar-refractivity contribution in [3.05, 3.63) is 35.5 Å². The molecule has 0 spiro atoms. The Morgan fingerprint density at radius 2 is 2.12 bits per heavy atom. The van der Waals surface area contributed by atoms with Gasteiger partial charge in [-0.05, 0) is 63.7 Å². The Kier molecular flexibility index (Phi) is 4.25. The van der Waals surface area contributed by atoms with Crippen molar-refractivity contribution in [3.63, 3.8) is 0 Å². The van der Waals surface area contributed by atoms with Gasteiger partial charge in [-0.2, -0.15) is 0 Å². The topological polar surface area (TPSA) is 0 Å². The van der Waals surface area contributed by atoms with E-state index in [0.717, 1.165) is 17.8 Å². The van der Waals surface area contributed by atoms with E-state index in [-0.39, 0.29) is 0 Å². The van der Waals surface area contributed by atoms with Crippen LogP contribution in [0, 0.1) is 17.8 Å². The first-order valence-corrected chi connectivity index (χ1v) is 7.21. The summed E-state index contributed by atoms with van der Waals surface area (Å²) in [5, 5.41) is 0. The van der Waals surface area contributed by atoms with Crippen LogP contribution in [0.1, 0.15) is 52.9 Å². The van der Waals surface area contributed by atoms with Crippen LogP contribution in [0.15, 0.2) is 35.5 Å². The molecule has 0 heteroatoms. The van der Waals surface area contributed by atoms with Crippen LogP contribution in [0.5, 0.6) is 0 Å². The van der Waals surface area contributed by atoms with Gasteiger partial charge in [0.15, 0.2) is 0 Å². The maximum Gasteiger partial charge on any atom is -0.0136 e. The summed E-state index contributed by atoms with van der Waals surface area (Å²) in [5.41, 5.74) is 3.17. The molecule has 0 aromatic rings. The standard InChI is InChI=1S/C17H26/c1-4-13(3)6-7-14(5-2)10-17-12-15-8-9-16(17)11-15/h5-6,8-9,15-17H,4,7,10-12H2,1-3H3/b13-6+,14-5+. The van der Waals surface area contributed by atoms with Crippen molar-refractivity contribution in [3.8, 4) is 0 Å². The van der Waals surface area contributed by atoms with E-state index in [1.807, 2.05) is 0 Å². The summed E-state index contributed by atoms with van der Waals surface area (Å²) in [6.45, 7) is 6.68. The molecule has 0 nitrogen and oxygen atoms in total. The highest BCUT2D eigenvalue weighted by Crippen LogP contribution is 2.46. The molecule has 1 fully saturated rings. The number of hydrogen-bond acceptors (Lipinski definition) is 0. The molecule has 3 atom stereocenters. The molecule has 0 N–H and O–H groups in total. The predicted molar refractivity (Wildman–Crippen MR) is 75.9 cm³/mol. The number of hydrogen-bond donors (Lipinski definition) is 0. The molecule has 17 heavy (non-hydrogen) atoms. The van der Waals surface area contributed by atoms with Gasteiger partial charge in [-0.15, -0.1) is 0 Å². The van der Waals surface area contributed by atoms with Gasteiger partial charge in [0.25, 0.3) is 0 Å². The molecule has 2 aliphatic carbocycles. The summed E-state index contributed by atoms with van der Waals surface area (Å²) in [6, 6.07) is 0. The highest BCUT2D eigenvalue weighted by Gasteiger charge is 2.35. The lowest BCUT2D eigenvalue weighted by Gasteiger charge is -2.19. The molecule has 1 saturated carbocycles. The highest BCUT2D eigenvalue weighted by molar-refractivity contribution is 5.16. The van der Waals surface area contributed by atoms with Crippen molar-refractivity contribution in [1.29, 1.82) is 0 Å². The molecule has 0 aromatic heterocycles. The van der Waals surface area contributed by atoms with Gasteiger partial charge in [-0.3, -0.25) is 0 Å². The van der Waals surface area contributed by atoms with Gasteiger partial charge in [0.05, 0.1) is 0 Å². The van der Waals surface area contributed by atoms with Crippen molar-refractivity contribution in [2.75, 3.05) is 0 Å². The van der Waals surface area contributed by atoms with E-state index in [0.29, 0.717) is 0 Å². The molecule has 0 aliphatic heterocycles. The Bertz CT molecular complexity index is 343. The molecule has 0 heterocycles. The fraction of sp³-hybridized carbons (Fsp3) is 0.647. The van der Waals surface area contributed by atoms with Gasteiger partial charge in [0.2, 0.25) is 0 Å². The Morgan fingerprint density at radius 3 is 2.65 bits per heavy atom. The van der Waals surface area contributed by atoms with Gasteiger partial charge in [-0.25, -0.2) is 0 Å². The van der Waals surface area contributed by atoms with E-state index < -0.39 is 0 Å². The van der Waals surface area contributed by atoms with Crippen LogP contribution in [0.3, 0.4) is 0 Å². The zero-order valence-electron chi connectivity index (χ0n) is 11.6. The number of allylic oxidation sites excluding steroid dienone is 6. The fourth-order valence-corrected chi connectivity index (χ4v) is 3.23. The molecule has 94 valence electrons. The van der Waals surface area contributed by atoms with E-state index in [1.54, 1.807) is 5.57 Å². The lowest BCUT2D eigenvalue weighted by Crippen LogP contribution is -2.07. The first kappa shape index (κ1) is 12.7. The quantitative estimate of drug-likeness (QED) is 0.564. The third kappa shape index (κ3) is 3.12. The number of fused-ring (bicyclic) bond motifs is 2. The monoisotopic (exact) mass is 230 g/mol. The molecular formula is C17H26. The average molecular weight is 230 g/mol. The summed E-state index contributed by atoms with van der Waals surface area (Å²) in [6.07, 6.45) is 16.2. The van der Waals surface area contributed by atoms with Crippen molar-refractivity contribution in [2.45, 2.75) is 52.9 Å². The van der Waals surface area contributed by atoms with Crippen LogP contribution in [0.4, 0.5) is 0 Å². The van der Waals surface area contributed by atoms with Crippen molar-refractivity contribution >= 4 is 0 Å². The molecule has 0 aromatic carbocycles. The van der Waals surface area contributed by atoms with Crippen LogP contribution < -0.4 is 0 Å². The van der Waals surface area contributed by atoms with E-state index in [1.165, 1.54) is 37.7 Å². The van der Waals surface area contributed by atoms with Gasteiger partial charge < -0.3 is 0 Å². The second-order valence-corrected chi connectivity index (χ2v) is 5.80. The van der Waals surface area contributed by atoms with Crippen LogP contribution >= 0.6 is 0 Å². The minimum absolute atomic E-state index is 0.895. The van der Waals surface area contributed by atoms with Crippen molar-refractivity contribution < 1.29 is 0 Å². The molecule has 0 amide bonds. The van der Waals surface area contributed by atoms with Crippen LogP contribution in [-0.4, -0.2) is 0 Å². The second kappa shape index (κ2) is 5.71. The summed E-state index contributed by atoms with van der Waals surface area (Å²) in [4.78, 5) is 0. The Balaban J connectivity index is 1.86. The SMILES string of the molecule is C/C=C(\C/C=C(\C)CC)CC1CC2C=CC1C2. The molecule has 2 rings (SSSR count). The van der Waals surface area contributed by atoms with Gasteiger partial charge >= 0.3 is 0 Å². The van der Waals surface area contributed by atoms with Crippen LogP contribution in [0.25, 0.3) is 0 Å². The fourth-order valence-electron chi connectivity index (χ4n) is 3.23. The first-order chi connectivity index (χ1) is 8.22. The van der Waals surface area contributed by atoms with E-state index >= 15 is 0 Å². The normalized spacial score (nSPS) is 32.5. The second-order valence-electron chi connectivity index (χ2n) is 5.80. The molecule has 0 radical (unpaired) electrons. The highest BCUT2D eigenvalue weighted by atomic mass is 14.4. The van der Waals surface area contributed by atoms with E-state index in [9.17, 15) is 0 Å². The zero-order chi connectivity index (χ0) is 12.3. The minimum Gasteiger partial charge on any atom is -0.0881 e. The van der Waals surface area contributed by atoms with Gasteiger partial charge in [0, 0.05) is 0 Å². The Hall–Kier alpha value is -0.780. The van der Waals surface area contributed by atoms with Crippen molar-refractivity contribution in [2.24, 2.45) is 17.8 Å². The largest absolute Gasteiger partial charge is 0.0881 e. The van der Waals surface area contributed by atoms with Crippen molar-refractivity contribution in [1.82, 2.24) is 0 Å². The minimum atomic E-state index is 0.895. The maximum atomic E-state index is 2.47. The molecule has 0 saturated heterocycles. The zero-order valence-corrected chi connectivity index (χ0v) is 11.6. The predicted octanol–water partition coefficient (Wildman–Crippen LogP) is 5.28. The Morgan fingerprint density at radius 1 is 1.29 bits per heavy atom. The van der Waals surface area contributed by atoms with E-state index in [2.05, 4.69) is 45.1 Å². The third-order valence-electron chi connectivity index (χ3n) is 4.62. The van der Waals surface area contributed by atoms with Gasteiger partial charge in [0.1, 0.15) is 0 Å². The Labute approximate surface area is 106 Å². The lowest BCUT2D eigenvalue weighted by molar-refractivity contribution is 0.441. The molecule has 2 aliphatic rings. The van der Waals surface area contributed by atoms with Gasteiger partial charge in [-0.1, -0.05) is 42.4 Å². The third-order valence-corrected chi connectivity index (χ3v) is 4.62. The first-order valence-electron chi connectivity index (χ1n) is 7.21. The summed E-state index contributed by atoms with van der Waals surface area (Å²) >= 11 is 0. The van der Waals surface area contributed by atoms with Crippen LogP contribution in [-0.2, 0) is 0 Å². The summed E-state index contributed by atoms with van der Waals surface area (Å²) in [5.74, 6) is 2.74. The number of rotatable bonds is 5. The summed E-state index contributed by atoms with van der Waals surface area (Å²) < 4.78 is 0. The summed E-state index contributed by atoms with van der Waals surface area (Å²) in [7, 11) is 0.